The Hall–Kier alpha value is -3.07. The Morgan fingerprint density at radius 2 is 2.06 bits per heavy atom. The molecule has 1 atom stereocenters. The highest BCUT2D eigenvalue weighted by molar-refractivity contribution is 7.15. The number of rotatable bonds is 5. The number of thiazole rings is 1. The first kappa shape index (κ1) is 21.2. The van der Waals surface area contributed by atoms with Gasteiger partial charge in [-0.05, 0) is 52.2 Å². The monoisotopic (exact) mass is 437 g/mol. The lowest BCUT2D eigenvalue weighted by atomic mass is 10.0. The third kappa shape index (κ3) is 4.82. The smallest absolute Gasteiger partial charge is 0.247 e. The number of aryl methyl sites for hydroxylation is 4. The average molecular weight is 438 g/mol. The minimum atomic E-state index is -0.141. The van der Waals surface area contributed by atoms with Crippen molar-refractivity contribution in [2.75, 3.05) is 11.9 Å². The van der Waals surface area contributed by atoms with Gasteiger partial charge >= 0.3 is 0 Å². The SMILES string of the molecule is Cc1cc(Nc2nc(C)c(C)s2)nc([C@@H]2CCCCN2C(=O)/C=C/c2ccnn2C)n1. The summed E-state index contributed by atoms with van der Waals surface area (Å²) < 4.78 is 1.74. The van der Waals surface area contributed by atoms with E-state index < -0.39 is 0 Å². The Morgan fingerprint density at radius 3 is 2.77 bits per heavy atom. The summed E-state index contributed by atoms with van der Waals surface area (Å²) in [6, 6.07) is 3.64. The van der Waals surface area contributed by atoms with E-state index in [2.05, 4.69) is 27.3 Å². The molecule has 1 amide bonds. The molecule has 4 rings (SSSR count). The minimum Gasteiger partial charge on any atom is -0.329 e. The van der Waals surface area contributed by atoms with Crippen LogP contribution < -0.4 is 5.32 Å². The van der Waals surface area contributed by atoms with E-state index in [1.807, 2.05) is 37.9 Å². The Bertz CT molecular complexity index is 1100. The number of hydrogen-bond donors (Lipinski definition) is 1. The first-order valence-corrected chi connectivity index (χ1v) is 11.3. The molecule has 0 spiro atoms. The van der Waals surface area contributed by atoms with Crippen molar-refractivity contribution in [3.05, 3.63) is 52.2 Å². The van der Waals surface area contributed by atoms with Gasteiger partial charge in [-0.1, -0.05) is 0 Å². The number of carbonyl (C=O) groups excluding carboxylic acids is 1. The number of hydrogen-bond acceptors (Lipinski definition) is 7. The number of amides is 1. The van der Waals surface area contributed by atoms with Gasteiger partial charge in [-0.3, -0.25) is 9.48 Å². The standard InChI is InChI=1S/C22H27N7OS/c1-14-13-19(27-22-25-15(2)16(3)31-22)26-21(24-14)18-7-5-6-12-29(18)20(30)9-8-17-10-11-23-28(17)4/h8-11,13,18H,5-7,12H2,1-4H3,(H,24,25,26,27)/b9-8+/t18-/m0/s1. The zero-order valence-electron chi connectivity index (χ0n) is 18.3. The van der Waals surface area contributed by atoms with Crippen LogP contribution in [0.3, 0.4) is 0 Å². The van der Waals surface area contributed by atoms with Gasteiger partial charge in [-0.15, -0.1) is 11.3 Å². The largest absolute Gasteiger partial charge is 0.329 e. The lowest BCUT2D eigenvalue weighted by Gasteiger charge is -2.34. The molecule has 1 aliphatic heterocycles. The molecule has 4 heterocycles. The molecule has 0 aromatic carbocycles. The van der Waals surface area contributed by atoms with Gasteiger partial charge in [0.1, 0.15) is 5.82 Å². The lowest BCUT2D eigenvalue weighted by Crippen LogP contribution is -2.38. The van der Waals surface area contributed by atoms with E-state index in [-0.39, 0.29) is 11.9 Å². The third-order valence-corrected chi connectivity index (χ3v) is 6.46. The fourth-order valence-corrected chi connectivity index (χ4v) is 4.53. The third-order valence-electron chi connectivity index (χ3n) is 5.47. The van der Waals surface area contributed by atoms with Crippen LogP contribution in [-0.4, -0.2) is 42.1 Å². The summed E-state index contributed by atoms with van der Waals surface area (Å²) in [6.45, 7) is 6.70. The summed E-state index contributed by atoms with van der Waals surface area (Å²) in [4.78, 5) is 30.1. The molecule has 162 valence electrons. The van der Waals surface area contributed by atoms with Crippen LogP contribution in [0.1, 0.15) is 53.1 Å². The molecule has 1 aliphatic rings. The van der Waals surface area contributed by atoms with Crippen molar-refractivity contribution in [2.24, 2.45) is 7.05 Å². The van der Waals surface area contributed by atoms with Crippen LogP contribution >= 0.6 is 11.3 Å². The second-order valence-corrected chi connectivity index (χ2v) is 9.00. The van der Waals surface area contributed by atoms with E-state index in [1.54, 1.807) is 34.4 Å². The number of anilines is 2. The van der Waals surface area contributed by atoms with Gasteiger partial charge in [0.2, 0.25) is 5.91 Å². The van der Waals surface area contributed by atoms with E-state index in [0.29, 0.717) is 18.2 Å². The normalized spacial score (nSPS) is 16.8. The summed E-state index contributed by atoms with van der Waals surface area (Å²) in [5.74, 6) is 1.35. The highest BCUT2D eigenvalue weighted by Gasteiger charge is 2.29. The molecule has 3 aromatic heterocycles. The van der Waals surface area contributed by atoms with Crippen LogP contribution in [0.2, 0.25) is 0 Å². The zero-order valence-corrected chi connectivity index (χ0v) is 19.1. The molecule has 9 heteroatoms. The molecule has 1 fully saturated rings. The van der Waals surface area contributed by atoms with E-state index in [1.165, 1.54) is 4.88 Å². The molecular weight excluding hydrogens is 410 g/mol. The Balaban J connectivity index is 1.57. The van der Waals surface area contributed by atoms with E-state index in [4.69, 9.17) is 4.98 Å². The summed E-state index contributed by atoms with van der Waals surface area (Å²) in [5, 5.41) is 8.26. The first-order chi connectivity index (χ1) is 14.9. The highest BCUT2D eigenvalue weighted by Crippen LogP contribution is 2.31. The van der Waals surface area contributed by atoms with Crippen LogP contribution in [0.25, 0.3) is 6.08 Å². The van der Waals surface area contributed by atoms with E-state index in [0.717, 1.165) is 41.5 Å². The number of nitrogens with zero attached hydrogens (tertiary/aromatic N) is 6. The van der Waals surface area contributed by atoms with Gasteiger partial charge in [0.05, 0.1) is 17.4 Å². The van der Waals surface area contributed by atoms with E-state index >= 15 is 0 Å². The molecular formula is C22H27N7OS. The number of piperidine rings is 1. The van der Waals surface area contributed by atoms with Gasteiger partial charge in [-0.2, -0.15) is 5.10 Å². The fourth-order valence-electron chi connectivity index (χ4n) is 3.70. The average Bonchev–Trinajstić information content (AvgIpc) is 3.29. The molecule has 0 bridgehead atoms. The van der Waals surface area contributed by atoms with Crippen LogP contribution in [-0.2, 0) is 11.8 Å². The predicted molar refractivity (Wildman–Crippen MR) is 122 cm³/mol. The molecule has 0 radical (unpaired) electrons. The van der Waals surface area contributed by atoms with Crippen LogP contribution in [0.5, 0.6) is 0 Å². The Morgan fingerprint density at radius 1 is 1.23 bits per heavy atom. The predicted octanol–water partition coefficient (Wildman–Crippen LogP) is 4.10. The van der Waals surface area contributed by atoms with Crippen molar-refractivity contribution in [3.8, 4) is 0 Å². The van der Waals surface area contributed by atoms with Crippen molar-refractivity contribution in [3.63, 3.8) is 0 Å². The Kier molecular flexibility index (Phi) is 6.13. The summed E-state index contributed by atoms with van der Waals surface area (Å²) in [7, 11) is 1.86. The highest BCUT2D eigenvalue weighted by atomic mass is 32.1. The molecule has 3 aromatic rings. The first-order valence-electron chi connectivity index (χ1n) is 10.4. The van der Waals surface area contributed by atoms with Crippen molar-refractivity contribution in [1.29, 1.82) is 0 Å². The molecule has 1 saturated heterocycles. The molecule has 31 heavy (non-hydrogen) atoms. The molecule has 0 saturated carbocycles. The second kappa shape index (κ2) is 8.97. The summed E-state index contributed by atoms with van der Waals surface area (Å²) >= 11 is 1.60. The quantitative estimate of drug-likeness (QED) is 0.605. The minimum absolute atomic E-state index is 0.0308. The topological polar surface area (TPSA) is 88.8 Å². The van der Waals surface area contributed by atoms with E-state index in [9.17, 15) is 4.79 Å². The zero-order chi connectivity index (χ0) is 22.0. The lowest BCUT2D eigenvalue weighted by molar-refractivity contribution is -0.129. The maximum atomic E-state index is 13.0. The van der Waals surface area contributed by atoms with Crippen molar-refractivity contribution in [2.45, 2.75) is 46.1 Å². The maximum absolute atomic E-state index is 13.0. The number of aromatic nitrogens is 5. The summed E-state index contributed by atoms with van der Waals surface area (Å²) in [5.41, 5.74) is 2.76. The summed E-state index contributed by atoms with van der Waals surface area (Å²) in [6.07, 6.45) is 8.02. The van der Waals surface area contributed by atoms with Gasteiger partial charge in [0.25, 0.3) is 0 Å². The van der Waals surface area contributed by atoms with Gasteiger partial charge in [0.15, 0.2) is 11.0 Å². The number of likely N-dealkylation sites (tertiary alicyclic amines) is 1. The van der Waals surface area contributed by atoms with Crippen LogP contribution in [0, 0.1) is 20.8 Å². The molecule has 0 unspecified atom stereocenters. The fraction of sp³-hybridized carbons (Fsp3) is 0.409. The van der Waals surface area contributed by atoms with Crippen molar-refractivity contribution >= 4 is 34.3 Å². The van der Waals surface area contributed by atoms with Crippen LogP contribution in [0.15, 0.2) is 24.4 Å². The van der Waals surface area contributed by atoms with Crippen molar-refractivity contribution < 1.29 is 4.79 Å². The second-order valence-electron chi connectivity index (χ2n) is 7.79. The van der Waals surface area contributed by atoms with Gasteiger partial charge in [0, 0.05) is 42.5 Å². The van der Waals surface area contributed by atoms with Gasteiger partial charge < -0.3 is 10.2 Å². The Labute approximate surface area is 186 Å². The molecule has 1 N–H and O–H groups in total. The number of nitrogens with one attached hydrogen (secondary N) is 1. The van der Waals surface area contributed by atoms with Crippen molar-refractivity contribution in [1.82, 2.24) is 29.6 Å². The molecule has 8 nitrogen and oxygen atoms in total. The number of carbonyl (C=O) groups is 1. The maximum Gasteiger partial charge on any atom is 0.247 e. The van der Waals surface area contributed by atoms with Gasteiger partial charge in [-0.25, -0.2) is 15.0 Å². The molecule has 0 aliphatic carbocycles. The van der Waals surface area contributed by atoms with Crippen LogP contribution in [0.4, 0.5) is 10.9 Å².